The van der Waals surface area contributed by atoms with Gasteiger partial charge in [-0.3, -0.25) is 14.4 Å². The average molecular weight is 445 g/mol. The van der Waals surface area contributed by atoms with Gasteiger partial charge >= 0.3 is 0 Å². The maximum atomic E-state index is 13.0. The van der Waals surface area contributed by atoms with Crippen LogP contribution in [0, 0.1) is 5.41 Å². The van der Waals surface area contributed by atoms with E-state index in [1.54, 1.807) is 47.9 Å². The van der Waals surface area contributed by atoms with Crippen LogP contribution in [0.15, 0.2) is 47.1 Å². The fraction of sp³-hybridized carbons (Fsp3) is 0.381. The zero-order valence-corrected chi connectivity index (χ0v) is 18.1. The van der Waals surface area contributed by atoms with Gasteiger partial charge in [0.05, 0.1) is 23.1 Å². The van der Waals surface area contributed by atoms with Crippen LogP contribution in [0.5, 0.6) is 0 Å². The average Bonchev–Trinajstić information content (AvgIpc) is 3.32. The van der Waals surface area contributed by atoms with Crippen LogP contribution in [0.3, 0.4) is 0 Å². The third-order valence-electron chi connectivity index (χ3n) is 5.50. The Balaban J connectivity index is 1.48. The van der Waals surface area contributed by atoms with Gasteiger partial charge in [-0.15, -0.1) is 0 Å². The molecule has 2 aromatic rings. The molecule has 4 rings (SSSR count). The highest BCUT2D eigenvalue weighted by Crippen LogP contribution is 2.36. The predicted molar refractivity (Wildman–Crippen MR) is 112 cm³/mol. The van der Waals surface area contributed by atoms with E-state index < -0.39 is 21.3 Å². The molecule has 10 heteroatoms. The van der Waals surface area contributed by atoms with E-state index in [4.69, 9.17) is 4.42 Å². The molecule has 0 aliphatic carbocycles. The third-order valence-corrected chi connectivity index (χ3v) is 7.52. The maximum absolute atomic E-state index is 13.0. The number of carbonyl (C=O) groups excluding carboxylic acids is 3. The van der Waals surface area contributed by atoms with Crippen LogP contribution >= 0.6 is 0 Å². The molecule has 2 aliphatic heterocycles. The minimum atomic E-state index is -3.80. The van der Waals surface area contributed by atoms with Gasteiger partial charge in [-0.2, -0.15) is 0 Å². The Bertz CT molecular complexity index is 1130. The number of hydrogen-bond acceptors (Lipinski definition) is 6. The predicted octanol–water partition coefficient (Wildman–Crippen LogP) is 1.58. The van der Waals surface area contributed by atoms with Crippen molar-refractivity contribution < 1.29 is 27.2 Å². The summed E-state index contributed by atoms with van der Waals surface area (Å²) in [5, 5.41) is 0. The van der Waals surface area contributed by atoms with Gasteiger partial charge in [0.1, 0.15) is 0 Å². The Morgan fingerprint density at radius 2 is 1.61 bits per heavy atom. The van der Waals surface area contributed by atoms with Gasteiger partial charge in [0.25, 0.3) is 11.8 Å². The number of rotatable bonds is 3. The maximum Gasteiger partial charge on any atom is 0.289 e. The van der Waals surface area contributed by atoms with Gasteiger partial charge in [0, 0.05) is 31.7 Å². The highest BCUT2D eigenvalue weighted by Gasteiger charge is 2.50. The Morgan fingerprint density at radius 3 is 2.16 bits per heavy atom. The molecule has 31 heavy (non-hydrogen) atoms. The normalized spacial score (nSPS) is 20.2. The number of piperazine rings is 1. The Hall–Kier alpha value is -3.14. The van der Waals surface area contributed by atoms with Crippen LogP contribution in [-0.4, -0.2) is 67.9 Å². The summed E-state index contributed by atoms with van der Waals surface area (Å²) in [4.78, 5) is 41.2. The lowest BCUT2D eigenvalue weighted by Crippen LogP contribution is -2.50. The number of hydrogen-bond donors (Lipinski definition) is 0. The van der Waals surface area contributed by atoms with Crippen LogP contribution in [0.1, 0.15) is 34.8 Å². The van der Waals surface area contributed by atoms with E-state index in [9.17, 15) is 22.8 Å². The Labute approximate surface area is 180 Å². The fourth-order valence-electron chi connectivity index (χ4n) is 3.88. The van der Waals surface area contributed by atoms with Crippen molar-refractivity contribution in [3.8, 4) is 0 Å². The standard InChI is InChI=1S/C21H23N3O6S/c1-21(2)14-31(28,29)24(20(21)27)16-6-3-5-15(13-16)18(25)22-8-10-23(11-9-22)19(26)17-7-4-12-30-17/h3-7,12-13H,8-11,14H2,1-2H3. The molecule has 0 radical (unpaired) electrons. The van der Waals surface area contributed by atoms with Crippen LogP contribution in [0.2, 0.25) is 0 Å². The summed E-state index contributed by atoms with van der Waals surface area (Å²) < 4.78 is 31.0. The first kappa shape index (κ1) is 21.1. The molecule has 0 unspecified atom stereocenters. The lowest BCUT2D eigenvalue weighted by Gasteiger charge is -2.34. The molecule has 164 valence electrons. The second-order valence-electron chi connectivity index (χ2n) is 8.32. The summed E-state index contributed by atoms with van der Waals surface area (Å²) in [6.45, 7) is 4.57. The molecular weight excluding hydrogens is 422 g/mol. The van der Waals surface area contributed by atoms with E-state index >= 15 is 0 Å². The molecule has 1 aromatic carbocycles. The zero-order chi connectivity index (χ0) is 22.4. The Morgan fingerprint density at radius 1 is 0.968 bits per heavy atom. The second kappa shape index (κ2) is 7.52. The second-order valence-corrected chi connectivity index (χ2v) is 10.1. The molecule has 3 heterocycles. The largest absolute Gasteiger partial charge is 0.459 e. The quantitative estimate of drug-likeness (QED) is 0.710. The van der Waals surface area contributed by atoms with E-state index in [1.807, 2.05) is 0 Å². The van der Waals surface area contributed by atoms with Crippen molar-refractivity contribution in [2.24, 2.45) is 5.41 Å². The molecule has 3 amide bonds. The molecule has 2 fully saturated rings. The number of benzene rings is 1. The first-order valence-electron chi connectivity index (χ1n) is 9.90. The molecule has 0 spiro atoms. The molecule has 0 N–H and O–H groups in total. The summed E-state index contributed by atoms with van der Waals surface area (Å²) in [7, 11) is -3.80. The molecule has 9 nitrogen and oxygen atoms in total. The minimum Gasteiger partial charge on any atom is -0.459 e. The summed E-state index contributed by atoms with van der Waals surface area (Å²) in [6.07, 6.45) is 1.44. The van der Waals surface area contributed by atoms with Crippen molar-refractivity contribution in [1.82, 2.24) is 9.80 Å². The highest BCUT2D eigenvalue weighted by atomic mass is 32.2. The van der Waals surface area contributed by atoms with Crippen LogP contribution in [-0.2, 0) is 14.8 Å². The van der Waals surface area contributed by atoms with Gasteiger partial charge in [-0.1, -0.05) is 6.07 Å². The fourth-order valence-corrected chi connectivity index (χ4v) is 5.98. The summed E-state index contributed by atoms with van der Waals surface area (Å²) in [6, 6.07) is 9.33. The first-order chi connectivity index (χ1) is 14.6. The molecule has 0 bridgehead atoms. The van der Waals surface area contributed by atoms with Crippen molar-refractivity contribution in [2.75, 3.05) is 36.2 Å². The molecular formula is C21H23N3O6S. The van der Waals surface area contributed by atoms with Crippen molar-refractivity contribution in [3.05, 3.63) is 54.0 Å². The van der Waals surface area contributed by atoms with Crippen LogP contribution < -0.4 is 4.31 Å². The molecule has 2 saturated heterocycles. The zero-order valence-electron chi connectivity index (χ0n) is 17.3. The lowest BCUT2D eigenvalue weighted by atomic mass is 9.95. The molecule has 1 aromatic heterocycles. The van der Waals surface area contributed by atoms with E-state index in [2.05, 4.69) is 0 Å². The monoisotopic (exact) mass is 445 g/mol. The van der Waals surface area contributed by atoms with Crippen molar-refractivity contribution in [2.45, 2.75) is 13.8 Å². The van der Waals surface area contributed by atoms with Crippen LogP contribution in [0.4, 0.5) is 5.69 Å². The molecule has 0 atom stereocenters. The van der Waals surface area contributed by atoms with E-state index in [-0.39, 0.29) is 34.6 Å². The number of furan rings is 1. The topological polar surface area (TPSA) is 108 Å². The number of nitrogens with zero attached hydrogens (tertiary/aromatic N) is 3. The summed E-state index contributed by atoms with van der Waals surface area (Å²) in [5.74, 6) is -1.04. The number of sulfonamides is 1. The van der Waals surface area contributed by atoms with E-state index in [0.29, 0.717) is 26.2 Å². The van der Waals surface area contributed by atoms with Gasteiger partial charge in [0.15, 0.2) is 5.76 Å². The SMILES string of the molecule is CC1(C)CS(=O)(=O)N(c2cccc(C(=O)N3CCN(C(=O)c4ccco4)CC3)c2)C1=O. The van der Waals surface area contributed by atoms with Crippen LogP contribution in [0.25, 0.3) is 0 Å². The molecule has 0 saturated carbocycles. The number of carbonyl (C=O) groups is 3. The van der Waals surface area contributed by atoms with E-state index in [0.717, 1.165) is 4.31 Å². The summed E-state index contributed by atoms with van der Waals surface area (Å²) >= 11 is 0. The van der Waals surface area contributed by atoms with Gasteiger partial charge in [-0.05, 0) is 44.2 Å². The van der Waals surface area contributed by atoms with Gasteiger partial charge in [0.2, 0.25) is 15.9 Å². The first-order valence-corrected chi connectivity index (χ1v) is 11.5. The highest BCUT2D eigenvalue weighted by molar-refractivity contribution is 7.94. The number of amides is 3. The Kier molecular flexibility index (Phi) is 5.12. The van der Waals surface area contributed by atoms with Gasteiger partial charge in [-0.25, -0.2) is 12.7 Å². The van der Waals surface area contributed by atoms with Gasteiger partial charge < -0.3 is 14.2 Å². The summed E-state index contributed by atoms with van der Waals surface area (Å²) in [5.41, 5.74) is -0.570. The van der Waals surface area contributed by atoms with E-state index in [1.165, 1.54) is 18.4 Å². The number of anilines is 1. The smallest absolute Gasteiger partial charge is 0.289 e. The third kappa shape index (κ3) is 3.83. The van der Waals surface area contributed by atoms with Crippen molar-refractivity contribution in [1.29, 1.82) is 0 Å². The van der Waals surface area contributed by atoms with Crippen molar-refractivity contribution in [3.63, 3.8) is 0 Å². The van der Waals surface area contributed by atoms with Crippen molar-refractivity contribution >= 4 is 33.4 Å². The molecule has 2 aliphatic rings. The lowest BCUT2D eigenvalue weighted by molar-refractivity contribution is -0.123. The minimum absolute atomic E-state index is 0.160.